The molecule has 2 amide bonds. The Balaban J connectivity index is 1.48. The second kappa shape index (κ2) is 7.91. The van der Waals surface area contributed by atoms with Gasteiger partial charge in [0.15, 0.2) is 5.13 Å². The predicted molar refractivity (Wildman–Crippen MR) is 111 cm³/mol. The van der Waals surface area contributed by atoms with E-state index in [2.05, 4.69) is 10.3 Å². The summed E-state index contributed by atoms with van der Waals surface area (Å²) in [5.41, 5.74) is 1.92. The van der Waals surface area contributed by atoms with Crippen LogP contribution in [0.2, 0.25) is 10.0 Å². The summed E-state index contributed by atoms with van der Waals surface area (Å²) in [5.74, 6) is -0.344. The number of rotatable bonds is 3. The fourth-order valence-corrected chi connectivity index (χ4v) is 4.54. The van der Waals surface area contributed by atoms with Crippen LogP contribution in [0.15, 0.2) is 48.5 Å². The van der Waals surface area contributed by atoms with Crippen LogP contribution in [0, 0.1) is 0 Å². The fraction of sp³-hybridized carbons (Fsp3) is 0.150. The van der Waals surface area contributed by atoms with Crippen molar-refractivity contribution in [2.45, 2.75) is 13.0 Å². The van der Waals surface area contributed by atoms with Crippen molar-refractivity contribution < 1.29 is 9.59 Å². The van der Waals surface area contributed by atoms with E-state index in [0.29, 0.717) is 40.8 Å². The number of hydrogen-bond donors (Lipinski definition) is 1. The number of thiazole rings is 1. The monoisotopic (exact) mass is 431 g/mol. The zero-order chi connectivity index (χ0) is 19.7. The molecule has 1 aromatic heterocycles. The Kier molecular flexibility index (Phi) is 5.35. The van der Waals surface area contributed by atoms with Gasteiger partial charge in [0.05, 0.1) is 22.8 Å². The second-order valence-electron chi connectivity index (χ2n) is 6.31. The Morgan fingerprint density at radius 2 is 1.89 bits per heavy atom. The van der Waals surface area contributed by atoms with Crippen molar-refractivity contribution in [1.29, 1.82) is 0 Å². The Hall–Kier alpha value is -2.41. The standard InChI is InChI=1S/C20H15Cl2N3O2S/c21-13-6-7-14(15(22)10-13)18(26)24-20-23-16-8-9-25(11-17(16)28-20)19(27)12-4-2-1-3-5-12/h1-7,10H,8-9,11H2,(H,23,24,26). The molecule has 0 atom stereocenters. The van der Waals surface area contributed by atoms with E-state index in [0.717, 1.165) is 10.6 Å². The lowest BCUT2D eigenvalue weighted by Crippen LogP contribution is -2.35. The Labute approximate surface area is 175 Å². The van der Waals surface area contributed by atoms with Gasteiger partial charge in [-0.25, -0.2) is 4.98 Å². The lowest BCUT2D eigenvalue weighted by atomic mass is 10.1. The molecular formula is C20H15Cl2N3O2S. The van der Waals surface area contributed by atoms with Gasteiger partial charge in [0.1, 0.15) is 0 Å². The molecule has 0 bridgehead atoms. The molecule has 1 aliphatic heterocycles. The third-order valence-electron chi connectivity index (χ3n) is 4.44. The van der Waals surface area contributed by atoms with E-state index in [9.17, 15) is 9.59 Å². The van der Waals surface area contributed by atoms with Crippen molar-refractivity contribution in [3.63, 3.8) is 0 Å². The van der Waals surface area contributed by atoms with Crippen molar-refractivity contribution in [2.75, 3.05) is 11.9 Å². The van der Waals surface area contributed by atoms with Gasteiger partial charge in [-0.15, -0.1) is 0 Å². The fourth-order valence-electron chi connectivity index (χ4n) is 3.02. The molecule has 0 radical (unpaired) electrons. The highest BCUT2D eigenvalue weighted by Gasteiger charge is 2.25. The first kappa shape index (κ1) is 18.9. The molecule has 2 heterocycles. The van der Waals surface area contributed by atoms with Crippen LogP contribution in [0.4, 0.5) is 5.13 Å². The summed E-state index contributed by atoms with van der Waals surface area (Å²) in [5, 5.41) is 4.03. The van der Waals surface area contributed by atoms with E-state index < -0.39 is 0 Å². The number of nitrogens with one attached hydrogen (secondary N) is 1. The highest BCUT2D eigenvalue weighted by Crippen LogP contribution is 2.30. The number of nitrogens with zero attached hydrogens (tertiary/aromatic N) is 2. The molecule has 5 nitrogen and oxygen atoms in total. The van der Waals surface area contributed by atoms with Crippen LogP contribution >= 0.6 is 34.5 Å². The molecule has 0 saturated carbocycles. The van der Waals surface area contributed by atoms with Gasteiger partial charge in [0.25, 0.3) is 11.8 Å². The molecule has 142 valence electrons. The molecule has 8 heteroatoms. The maximum Gasteiger partial charge on any atom is 0.258 e. The van der Waals surface area contributed by atoms with Crippen molar-refractivity contribution in [3.05, 3.63) is 80.3 Å². The summed E-state index contributed by atoms with van der Waals surface area (Å²) in [6.45, 7) is 1.08. The van der Waals surface area contributed by atoms with Crippen LogP contribution < -0.4 is 5.32 Å². The largest absolute Gasteiger partial charge is 0.333 e. The molecule has 0 spiro atoms. The van der Waals surface area contributed by atoms with Gasteiger partial charge >= 0.3 is 0 Å². The predicted octanol–water partition coefficient (Wildman–Crippen LogP) is 4.90. The molecule has 1 aliphatic rings. The average Bonchev–Trinajstić information content (AvgIpc) is 3.09. The minimum atomic E-state index is -0.343. The summed E-state index contributed by atoms with van der Waals surface area (Å²) >= 11 is 13.4. The van der Waals surface area contributed by atoms with E-state index in [4.69, 9.17) is 23.2 Å². The third-order valence-corrected chi connectivity index (χ3v) is 5.98. The number of amides is 2. The molecule has 3 aromatic rings. The maximum atomic E-state index is 12.7. The lowest BCUT2D eigenvalue weighted by Gasteiger charge is -2.26. The number of carbonyl (C=O) groups excluding carboxylic acids is 2. The van der Waals surface area contributed by atoms with Crippen LogP contribution in [0.5, 0.6) is 0 Å². The van der Waals surface area contributed by atoms with E-state index in [1.165, 1.54) is 17.4 Å². The molecule has 0 fully saturated rings. The van der Waals surface area contributed by atoms with Gasteiger partial charge in [0, 0.05) is 28.4 Å². The van der Waals surface area contributed by atoms with Crippen LogP contribution in [-0.2, 0) is 13.0 Å². The molecule has 0 unspecified atom stereocenters. The van der Waals surface area contributed by atoms with Crippen molar-refractivity contribution in [3.8, 4) is 0 Å². The second-order valence-corrected chi connectivity index (χ2v) is 8.24. The van der Waals surface area contributed by atoms with Gasteiger partial charge in [-0.3, -0.25) is 14.9 Å². The zero-order valence-corrected chi connectivity index (χ0v) is 16.9. The quantitative estimate of drug-likeness (QED) is 0.641. The summed E-state index contributed by atoms with van der Waals surface area (Å²) in [4.78, 5) is 32.4. The van der Waals surface area contributed by atoms with Gasteiger partial charge in [-0.2, -0.15) is 0 Å². The number of fused-ring (bicyclic) bond motifs is 1. The zero-order valence-electron chi connectivity index (χ0n) is 14.6. The van der Waals surface area contributed by atoms with Gasteiger partial charge in [-0.05, 0) is 30.3 Å². The van der Waals surface area contributed by atoms with E-state index in [1.807, 2.05) is 30.3 Å². The van der Waals surface area contributed by atoms with Gasteiger partial charge < -0.3 is 4.90 Å². The van der Waals surface area contributed by atoms with Crippen LogP contribution in [0.25, 0.3) is 0 Å². The molecule has 1 N–H and O–H groups in total. The van der Waals surface area contributed by atoms with Crippen LogP contribution in [0.3, 0.4) is 0 Å². The van der Waals surface area contributed by atoms with Gasteiger partial charge in [0.2, 0.25) is 0 Å². The van der Waals surface area contributed by atoms with E-state index >= 15 is 0 Å². The van der Waals surface area contributed by atoms with Crippen molar-refractivity contribution >= 4 is 51.5 Å². The van der Waals surface area contributed by atoms with Crippen molar-refractivity contribution in [2.24, 2.45) is 0 Å². The number of halogens is 2. The van der Waals surface area contributed by atoms with E-state index in [1.54, 1.807) is 17.0 Å². The summed E-state index contributed by atoms with van der Waals surface area (Å²) in [7, 11) is 0. The smallest absolute Gasteiger partial charge is 0.258 e. The van der Waals surface area contributed by atoms with Crippen LogP contribution in [0.1, 0.15) is 31.3 Å². The molecule has 28 heavy (non-hydrogen) atoms. The molecular weight excluding hydrogens is 417 g/mol. The number of hydrogen-bond acceptors (Lipinski definition) is 4. The third kappa shape index (κ3) is 3.90. The Morgan fingerprint density at radius 3 is 2.64 bits per heavy atom. The Bertz CT molecular complexity index is 1050. The minimum absolute atomic E-state index is 0.00168. The number of benzene rings is 2. The minimum Gasteiger partial charge on any atom is -0.333 e. The molecule has 0 aliphatic carbocycles. The van der Waals surface area contributed by atoms with Crippen LogP contribution in [-0.4, -0.2) is 28.2 Å². The average molecular weight is 432 g/mol. The molecule has 0 saturated heterocycles. The summed E-state index contributed by atoms with van der Waals surface area (Å²) < 4.78 is 0. The SMILES string of the molecule is O=C(Nc1nc2c(s1)CN(C(=O)c1ccccc1)CC2)c1ccc(Cl)cc1Cl. The topological polar surface area (TPSA) is 62.3 Å². The highest BCUT2D eigenvalue weighted by atomic mass is 35.5. The summed E-state index contributed by atoms with van der Waals surface area (Å²) in [6, 6.07) is 13.9. The highest BCUT2D eigenvalue weighted by molar-refractivity contribution is 7.15. The first-order valence-electron chi connectivity index (χ1n) is 8.60. The maximum absolute atomic E-state index is 12.7. The Morgan fingerprint density at radius 1 is 1.11 bits per heavy atom. The summed E-state index contributed by atoms with van der Waals surface area (Å²) in [6.07, 6.45) is 0.655. The lowest BCUT2D eigenvalue weighted by molar-refractivity contribution is 0.0736. The van der Waals surface area contributed by atoms with Gasteiger partial charge in [-0.1, -0.05) is 52.7 Å². The normalized spacial score (nSPS) is 13.1. The van der Waals surface area contributed by atoms with Crippen molar-refractivity contribution in [1.82, 2.24) is 9.88 Å². The molecule has 4 rings (SSSR count). The first-order chi connectivity index (χ1) is 13.5. The first-order valence-corrected chi connectivity index (χ1v) is 10.2. The number of aromatic nitrogens is 1. The van der Waals surface area contributed by atoms with E-state index in [-0.39, 0.29) is 16.8 Å². The number of carbonyl (C=O) groups is 2. The number of anilines is 1. The molecule has 2 aromatic carbocycles.